The lowest BCUT2D eigenvalue weighted by atomic mass is 9.85. The summed E-state index contributed by atoms with van der Waals surface area (Å²) >= 11 is 0. The number of amides is 3. The maximum absolute atomic E-state index is 12.3. The second-order valence-electron chi connectivity index (χ2n) is 6.71. The normalized spacial score (nSPS) is 20.7. The van der Waals surface area contributed by atoms with E-state index in [1.165, 1.54) is 0 Å². The number of hydrogen-bond acceptors (Lipinski definition) is 6. The van der Waals surface area contributed by atoms with Gasteiger partial charge in [-0.25, -0.2) is 0 Å². The Morgan fingerprint density at radius 2 is 1.82 bits per heavy atom. The number of nitrogens with zero attached hydrogens (tertiary/aromatic N) is 1. The van der Waals surface area contributed by atoms with E-state index >= 15 is 0 Å². The summed E-state index contributed by atoms with van der Waals surface area (Å²) in [6.45, 7) is -0.686. The molecule has 8 nitrogen and oxygen atoms in total. The summed E-state index contributed by atoms with van der Waals surface area (Å²) in [5.41, 5.74) is 0.837. The summed E-state index contributed by atoms with van der Waals surface area (Å²) in [4.78, 5) is 49.4. The van der Waals surface area contributed by atoms with E-state index in [4.69, 9.17) is 9.47 Å². The lowest BCUT2D eigenvalue weighted by Gasteiger charge is -2.14. The molecule has 1 aliphatic carbocycles. The van der Waals surface area contributed by atoms with E-state index in [0.717, 1.165) is 10.5 Å². The molecule has 1 fully saturated rings. The summed E-state index contributed by atoms with van der Waals surface area (Å²) in [5.74, 6) is -2.07. The molecule has 1 aliphatic heterocycles. The first kappa shape index (κ1) is 19.6. The van der Waals surface area contributed by atoms with Gasteiger partial charge in [0.2, 0.25) is 11.8 Å². The standard InChI is InChI=1S/C20H22N2O6/c1-27-14-6-4-5-13(9-14)10-21-17(23)12-28-18(24)11-22-19(25)15-7-2-3-8-16(15)20(22)26/h2-6,9,15-16H,7-8,10-12H2,1H3,(H,21,23). The van der Waals surface area contributed by atoms with Gasteiger partial charge in [0.05, 0.1) is 18.9 Å². The highest BCUT2D eigenvalue weighted by molar-refractivity contribution is 6.07. The molecule has 1 saturated heterocycles. The van der Waals surface area contributed by atoms with Crippen LogP contribution in [0.1, 0.15) is 18.4 Å². The fourth-order valence-corrected chi connectivity index (χ4v) is 3.38. The van der Waals surface area contributed by atoms with Crippen LogP contribution in [0.3, 0.4) is 0 Å². The van der Waals surface area contributed by atoms with E-state index in [1.54, 1.807) is 25.3 Å². The predicted molar refractivity (Wildman–Crippen MR) is 97.9 cm³/mol. The van der Waals surface area contributed by atoms with Crippen molar-refractivity contribution in [3.05, 3.63) is 42.0 Å². The Bertz CT molecular complexity index is 793. The van der Waals surface area contributed by atoms with Gasteiger partial charge in [0, 0.05) is 6.54 Å². The van der Waals surface area contributed by atoms with Crippen LogP contribution in [0.2, 0.25) is 0 Å². The molecular weight excluding hydrogens is 364 g/mol. The maximum atomic E-state index is 12.3. The van der Waals surface area contributed by atoms with E-state index in [1.807, 2.05) is 18.2 Å². The highest BCUT2D eigenvalue weighted by Gasteiger charge is 2.47. The Balaban J connectivity index is 1.43. The zero-order chi connectivity index (χ0) is 20.1. The number of esters is 1. The summed E-state index contributed by atoms with van der Waals surface area (Å²) < 4.78 is 10.0. The minimum atomic E-state index is -0.787. The summed E-state index contributed by atoms with van der Waals surface area (Å²) in [6, 6.07) is 7.21. The maximum Gasteiger partial charge on any atom is 0.326 e. The number of allylic oxidation sites excluding steroid dienone is 2. The third-order valence-corrected chi connectivity index (χ3v) is 4.87. The molecular formula is C20H22N2O6. The Morgan fingerprint density at radius 1 is 1.14 bits per heavy atom. The largest absolute Gasteiger partial charge is 0.497 e. The number of nitrogens with one attached hydrogen (secondary N) is 1. The number of imide groups is 1. The molecule has 28 heavy (non-hydrogen) atoms. The molecule has 2 aliphatic rings. The van der Waals surface area contributed by atoms with E-state index < -0.39 is 36.9 Å². The number of hydrogen-bond donors (Lipinski definition) is 1. The Hall–Kier alpha value is -3.16. The molecule has 1 N–H and O–H groups in total. The number of carbonyl (C=O) groups excluding carboxylic acids is 4. The zero-order valence-electron chi connectivity index (χ0n) is 15.6. The predicted octanol–water partition coefficient (Wildman–Crippen LogP) is 0.806. The third-order valence-electron chi connectivity index (χ3n) is 4.87. The first-order valence-corrected chi connectivity index (χ1v) is 9.05. The number of ether oxygens (including phenoxy) is 2. The third kappa shape index (κ3) is 4.39. The summed E-state index contributed by atoms with van der Waals surface area (Å²) in [7, 11) is 1.55. The van der Waals surface area contributed by atoms with Crippen LogP contribution >= 0.6 is 0 Å². The zero-order valence-corrected chi connectivity index (χ0v) is 15.6. The van der Waals surface area contributed by atoms with Gasteiger partial charge in [0.25, 0.3) is 5.91 Å². The van der Waals surface area contributed by atoms with Crippen LogP contribution in [0.15, 0.2) is 36.4 Å². The van der Waals surface area contributed by atoms with Gasteiger partial charge in [0.15, 0.2) is 6.61 Å². The van der Waals surface area contributed by atoms with Crippen LogP contribution in [0, 0.1) is 11.8 Å². The van der Waals surface area contributed by atoms with E-state index in [2.05, 4.69) is 5.32 Å². The van der Waals surface area contributed by atoms with Gasteiger partial charge in [-0.15, -0.1) is 0 Å². The van der Waals surface area contributed by atoms with Crippen molar-refractivity contribution in [2.75, 3.05) is 20.3 Å². The summed E-state index contributed by atoms with van der Waals surface area (Å²) in [6.07, 6.45) is 4.77. The Morgan fingerprint density at radius 3 is 2.46 bits per heavy atom. The van der Waals surface area contributed by atoms with E-state index in [-0.39, 0.29) is 18.4 Å². The second-order valence-corrected chi connectivity index (χ2v) is 6.71. The van der Waals surface area contributed by atoms with Crippen molar-refractivity contribution < 1.29 is 28.7 Å². The van der Waals surface area contributed by atoms with Crippen molar-refractivity contribution in [2.24, 2.45) is 11.8 Å². The lowest BCUT2D eigenvalue weighted by Crippen LogP contribution is -2.38. The quantitative estimate of drug-likeness (QED) is 0.423. The minimum Gasteiger partial charge on any atom is -0.497 e. The van der Waals surface area contributed by atoms with Gasteiger partial charge >= 0.3 is 5.97 Å². The smallest absolute Gasteiger partial charge is 0.326 e. The number of rotatable bonds is 7. The number of carbonyl (C=O) groups is 4. The van der Waals surface area contributed by atoms with E-state index in [0.29, 0.717) is 18.6 Å². The topological polar surface area (TPSA) is 102 Å². The molecule has 0 saturated carbocycles. The van der Waals surface area contributed by atoms with Crippen molar-refractivity contribution in [2.45, 2.75) is 19.4 Å². The molecule has 2 atom stereocenters. The monoisotopic (exact) mass is 386 g/mol. The highest BCUT2D eigenvalue weighted by atomic mass is 16.5. The Labute approximate surface area is 162 Å². The number of methoxy groups -OCH3 is 1. The fraction of sp³-hybridized carbons (Fsp3) is 0.400. The minimum absolute atomic E-state index is 0.257. The van der Waals surface area contributed by atoms with Gasteiger partial charge in [-0.3, -0.25) is 24.1 Å². The van der Waals surface area contributed by atoms with Crippen LogP contribution < -0.4 is 10.1 Å². The molecule has 1 heterocycles. The van der Waals surface area contributed by atoms with Crippen molar-refractivity contribution in [1.29, 1.82) is 0 Å². The molecule has 1 aromatic rings. The Kier molecular flexibility index (Phi) is 6.08. The van der Waals surface area contributed by atoms with Crippen LogP contribution in [0.25, 0.3) is 0 Å². The van der Waals surface area contributed by atoms with Crippen LogP contribution in [-0.4, -0.2) is 48.9 Å². The van der Waals surface area contributed by atoms with Crippen molar-refractivity contribution in [3.8, 4) is 5.75 Å². The summed E-state index contributed by atoms with van der Waals surface area (Å²) in [5, 5.41) is 2.63. The van der Waals surface area contributed by atoms with Gasteiger partial charge in [-0.05, 0) is 30.5 Å². The van der Waals surface area contributed by atoms with Crippen LogP contribution in [0.4, 0.5) is 0 Å². The van der Waals surface area contributed by atoms with Gasteiger partial charge in [0.1, 0.15) is 12.3 Å². The molecule has 0 bridgehead atoms. The number of benzene rings is 1. The molecule has 8 heteroatoms. The molecule has 3 amide bonds. The van der Waals surface area contributed by atoms with Crippen molar-refractivity contribution in [3.63, 3.8) is 0 Å². The van der Waals surface area contributed by atoms with Gasteiger partial charge < -0.3 is 14.8 Å². The fourth-order valence-electron chi connectivity index (χ4n) is 3.38. The van der Waals surface area contributed by atoms with Crippen molar-refractivity contribution in [1.82, 2.24) is 10.2 Å². The number of fused-ring (bicyclic) bond motifs is 1. The lowest BCUT2D eigenvalue weighted by molar-refractivity contribution is -0.154. The first-order chi connectivity index (χ1) is 13.5. The first-order valence-electron chi connectivity index (χ1n) is 9.05. The second kappa shape index (κ2) is 8.69. The van der Waals surface area contributed by atoms with Gasteiger partial charge in [-0.1, -0.05) is 24.3 Å². The molecule has 3 rings (SSSR count). The molecule has 148 valence electrons. The average Bonchev–Trinajstić information content (AvgIpc) is 2.96. The molecule has 1 aromatic carbocycles. The number of likely N-dealkylation sites (tertiary alicyclic amines) is 1. The highest BCUT2D eigenvalue weighted by Crippen LogP contribution is 2.34. The molecule has 0 spiro atoms. The molecule has 0 aromatic heterocycles. The SMILES string of the molecule is COc1cccc(CNC(=O)COC(=O)CN2C(=O)C3CC=CCC3C2=O)c1. The molecule has 2 unspecified atom stereocenters. The van der Waals surface area contributed by atoms with E-state index in [9.17, 15) is 19.2 Å². The van der Waals surface area contributed by atoms with Gasteiger partial charge in [-0.2, -0.15) is 0 Å². The van der Waals surface area contributed by atoms with Crippen LogP contribution in [-0.2, 0) is 30.5 Å². The van der Waals surface area contributed by atoms with Crippen LogP contribution in [0.5, 0.6) is 5.75 Å². The van der Waals surface area contributed by atoms with Crippen molar-refractivity contribution >= 4 is 23.7 Å². The average molecular weight is 386 g/mol. The molecule has 0 radical (unpaired) electrons.